The molecule has 4 rings (SSSR count). The number of aryl methyl sites for hydroxylation is 1. The molecule has 0 N–H and O–H groups in total. The molecule has 2 atom stereocenters. The standard InChI is InChI=1S/C21H27F2NO4/c1-12-9-16(19(25)26-4)13(2)18-17(12)27-20(3,28-18)14-5-7-24(8-6-14)11-15-10-21(15,22)23/h9,14-15H,5-8,10-11H2,1-4H3. The number of rotatable bonds is 4. The van der Waals surface area contributed by atoms with Crippen molar-refractivity contribution >= 4 is 5.97 Å². The molecule has 1 saturated heterocycles. The Morgan fingerprint density at radius 1 is 1.25 bits per heavy atom. The van der Waals surface area contributed by atoms with Crippen molar-refractivity contribution in [2.24, 2.45) is 11.8 Å². The van der Waals surface area contributed by atoms with Crippen molar-refractivity contribution in [2.75, 3.05) is 26.7 Å². The van der Waals surface area contributed by atoms with Gasteiger partial charge in [0, 0.05) is 37.3 Å². The molecular formula is C21H27F2NO4. The van der Waals surface area contributed by atoms with Gasteiger partial charge >= 0.3 is 5.97 Å². The molecule has 0 spiro atoms. The number of hydrogen-bond donors (Lipinski definition) is 0. The smallest absolute Gasteiger partial charge is 0.338 e. The lowest BCUT2D eigenvalue weighted by Gasteiger charge is -2.38. The van der Waals surface area contributed by atoms with Gasteiger partial charge < -0.3 is 19.1 Å². The molecule has 2 heterocycles. The van der Waals surface area contributed by atoms with Crippen LogP contribution < -0.4 is 9.47 Å². The SMILES string of the molecule is COC(=O)c1cc(C)c2c(c1C)OC(C)(C1CCN(CC3CC3(F)F)CC1)O2. The van der Waals surface area contributed by atoms with Gasteiger partial charge in [0.2, 0.25) is 0 Å². The summed E-state index contributed by atoms with van der Waals surface area (Å²) in [5.41, 5.74) is 2.02. The van der Waals surface area contributed by atoms with Gasteiger partial charge in [0.25, 0.3) is 11.7 Å². The van der Waals surface area contributed by atoms with Crippen LogP contribution in [0.5, 0.6) is 11.5 Å². The molecule has 2 fully saturated rings. The highest BCUT2D eigenvalue weighted by atomic mass is 19.3. The molecule has 1 aromatic carbocycles. The Hall–Kier alpha value is -1.89. The number of methoxy groups -OCH3 is 1. The lowest BCUT2D eigenvalue weighted by molar-refractivity contribution is -0.125. The predicted molar refractivity (Wildman–Crippen MR) is 99.1 cm³/mol. The number of hydrogen-bond acceptors (Lipinski definition) is 5. The average Bonchev–Trinajstić information content (AvgIpc) is 3.08. The van der Waals surface area contributed by atoms with Crippen LogP contribution in [-0.2, 0) is 4.74 Å². The van der Waals surface area contributed by atoms with Crippen LogP contribution in [0.4, 0.5) is 8.78 Å². The third-order valence-corrected chi connectivity index (χ3v) is 6.45. The molecule has 5 nitrogen and oxygen atoms in total. The van der Waals surface area contributed by atoms with Crippen molar-refractivity contribution < 1.29 is 27.8 Å². The molecule has 2 aliphatic heterocycles. The summed E-state index contributed by atoms with van der Waals surface area (Å²) >= 11 is 0. The maximum Gasteiger partial charge on any atom is 0.338 e. The Morgan fingerprint density at radius 2 is 1.86 bits per heavy atom. The van der Waals surface area contributed by atoms with Gasteiger partial charge in [-0.15, -0.1) is 0 Å². The molecule has 28 heavy (non-hydrogen) atoms. The second-order valence-corrected chi connectivity index (χ2v) is 8.47. The summed E-state index contributed by atoms with van der Waals surface area (Å²) in [4.78, 5) is 14.2. The van der Waals surface area contributed by atoms with E-state index in [9.17, 15) is 13.6 Å². The van der Waals surface area contributed by atoms with Gasteiger partial charge in [-0.05, 0) is 51.4 Å². The van der Waals surface area contributed by atoms with Gasteiger partial charge in [-0.2, -0.15) is 0 Å². The highest BCUT2D eigenvalue weighted by molar-refractivity contribution is 5.92. The molecule has 154 valence electrons. The highest BCUT2D eigenvalue weighted by Gasteiger charge is 2.57. The molecule has 0 radical (unpaired) electrons. The molecule has 1 aliphatic carbocycles. The first-order valence-corrected chi connectivity index (χ1v) is 9.85. The molecule has 0 amide bonds. The van der Waals surface area contributed by atoms with E-state index >= 15 is 0 Å². The van der Waals surface area contributed by atoms with E-state index in [1.807, 2.05) is 20.8 Å². The third-order valence-electron chi connectivity index (χ3n) is 6.45. The summed E-state index contributed by atoms with van der Waals surface area (Å²) in [5, 5.41) is 0. The van der Waals surface area contributed by atoms with Crippen LogP contribution >= 0.6 is 0 Å². The fourth-order valence-electron chi connectivity index (χ4n) is 4.45. The van der Waals surface area contributed by atoms with Crippen molar-refractivity contribution in [3.8, 4) is 11.5 Å². The Bertz CT molecular complexity index is 804. The number of nitrogens with zero attached hydrogens (tertiary/aromatic N) is 1. The van der Waals surface area contributed by atoms with E-state index in [0.29, 0.717) is 29.2 Å². The van der Waals surface area contributed by atoms with Crippen molar-refractivity contribution in [3.05, 3.63) is 22.8 Å². The van der Waals surface area contributed by atoms with E-state index in [4.69, 9.17) is 14.2 Å². The normalized spacial score (nSPS) is 29.0. The van der Waals surface area contributed by atoms with Gasteiger partial charge in [0.05, 0.1) is 12.7 Å². The Balaban J connectivity index is 1.45. The zero-order chi connectivity index (χ0) is 20.3. The number of likely N-dealkylation sites (tertiary alicyclic amines) is 1. The Labute approximate surface area is 163 Å². The van der Waals surface area contributed by atoms with Crippen LogP contribution in [0.3, 0.4) is 0 Å². The second-order valence-electron chi connectivity index (χ2n) is 8.47. The minimum atomic E-state index is -2.46. The van der Waals surface area contributed by atoms with E-state index in [2.05, 4.69) is 4.90 Å². The van der Waals surface area contributed by atoms with Crippen molar-refractivity contribution in [1.82, 2.24) is 4.90 Å². The molecule has 3 aliphatic rings. The van der Waals surface area contributed by atoms with E-state index in [1.165, 1.54) is 7.11 Å². The fraction of sp³-hybridized carbons (Fsp3) is 0.667. The molecule has 1 aromatic rings. The first kappa shape index (κ1) is 19.4. The first-order chi connectivity index (χ1) is 13.1. The maximum atomic E-state index is 13.2. The van der Waals surface area contributed by atoms with Crippen LogP contribution in [0.1, 0.15) is 47.7 Å². The highest BCUT2D eigenvalue weighted by Crippen LogP contribution is 2.51. The zero-order valence-electron chi connectivity index (χ0n) is 16.8. The van der Waals surface area contributed by atoms with E-state index < -0.39 is 23.6 Å². The minimum Gasteiger partial charge on any atom is -0.465 e. The van der Waals surface area contributed by atoms with Crippen LogP contribution in [0.25, 0.3) is 0 Å². The number of benzene rings is 1. The minimum absolute atomic E-state index is 0.0211. The van der Waals surface area contributed by atoms with E-state index in [1.54, 1.807) is 6.07 Å². The second kappa shape index (κ2) is 6.58. The molecule has 7 heteroatoms. The Kier molecular flexibility index (Phi) is 4.56. The number of carbonyl (C=O) groups excluding carboxylic acids is 1. The molecular weight excluding hydrogens is 368 g/mol. The number of halogens is 2. The predicted octanol–water partition coefficient (Wildman–Crippen LogP) is 3.94. The summed E-state index contributed by atoms with van der Waals surface area (Å²) in [6, 6.07) is 1.77. The van der Waals surface area contributed by atoms with Gasteiger partial charge in [-0.25, -0.2) is 13.6 Å². The number of piperidine rings is 1. The summed E-state index contributed by atoms with van der Waals surface area (Å²) < 4.78 is 43.8. The Morgan fingerprint density at radius 3 is 2.43 bits per heavy atom. The van der Waals surface area contributed by atoms with Gasteiger partial charge in [0.15, 0.2) is 11.5 Å². The molecule has 0 aromatic heterocycles. The number of fused-ring (bicyclic) bond motifs is 1. The third kappa shape index (κ3) is 3.23. The van der Waals surface area contributed by atoms with E-state index in [0.717, 1.165) is 31.5 Å². The van der Waals surface area contributed by atoms with Gasteiger partial charge in [-0.1, -0.05) is 0 Å². The number of esters is 1. The summed E-state index contributed by atoms with van der Waals surface area (Å²) in [6.45, 7) is 7.65. The molecule has 0 bridgehead atoms. The monoisotopic (exact) mass is 395 g/mol. The number of ether oxygens (including phenoxy) is 3. The average molecular weight is 395 g/mol. The number of carbonyl (C=O) groups is 1. The summed E-state index contributed by atoms with van der Waals surface area (Å²) in [5.74, 6) is -2.74. The van der Waals surface area contributed by atoms with Gasteiger partial charge in [-0.3, -0.25) is 0 Å². The van der Waals surface area contributed by atoms with Crippen molar-refractivity contribution in [1.29, 1.82) is 0 Å². The first-order valence-electron chi connectivity index (χ1n) is 9.85. The van der Waals surface area contributed by atoms with Crippen molar-refractivity contribution in [3.63, 3.8) is 0 Å². The largest absolute Gasteiger partial charge is 0.465 e. The molecule has 1 saturated carbocycles. The van der Waals surface area contributed by atoms with Crippen molar-refractivity contribution in [2.45, 2.75) is 51.7 Å². The van der Waals surface area contributed by atoms with E-state index in [-0.39, 0.29) is 12.3 Å². The number of alkyl halides is 2. The zero-order valence-corrected chi connectivity index (χ0v) is 16.8. The lowest BCUT2D eigenvalue weighted by Crippen LogP contribution is -2.49. The van der Waals surface area contributed by atoms with Crippen LogP contribution in [0.15, 0.2) is 6.07 Å². The van der Waals surface area contributed by atoms with Gasteiger partial charge in [0.1, 0.15) is 0 Å². The van der Waals surface area contributed by atoms with Crippen LogP contribution in [0, 0.1) is 25.7 Å². The quantitative estimate of drug-likeness (QED) is 0.723. The summed E-state index contributed by atoms with van der Waals surface area (Å²) in [6.07, 6.45) is 1.67. The fourth-order valence-corrected chi connectivity index (χ4v) is 4.45. The lowest BCUT2D eigenvalue weighted by atomic mass is 9.89. The summed E-state index contributed by atoms with van der Waals surface area (Å²) in [7, 11) is 1.36. The maximum absolute atomic E-state index is 13.2. The molecule has 2 unspecified atom stereocenters. The van der Waals surface area contributed by atoms with Crippen LogP contribution in [-0.4, -0.2) is 49.3 Å². The van der Waals surface area contributed by atoms with Crippen LogP contribution in [0.2, 0.25) is 0 Å². The topological polar surface area (TPSA) is 48.0 Å².